The Balaban J connectivity index is 1.15. The van der Waals surface area contributed by atoms with Gasteiger partial charge in [0.05, 0.1) is 6.61 Å². The molecular weight excluding hydrogens is 515 g/mol. The molecule has 0 atom stereocenters. The van der Waals surface area contributed by atoms with Gasteiger partial charge in [-0.25, -0.2) is 4.39 Å². The van der Waals surface area contributed by atoms with Gasteiger partial charge in [0.1, 0.15) is 17.3 Å². The number of ether oxygens (including phenoxy) is 2. The van der Waals surface area contributed by atoms with Gasteiger partial charge >= 0.3 is 5.97 Å². The largest absolute Gasteiger partial charge is 0.494 e. The first kappa shape index (κ1) is 31.5. The molecule has 0 fully saturated rings. The second-order valence-electron chi connectivity index (χ2n) is 10.2. The van der Waals surface area contributed by atoms with Crippen molar-refractivity contribution in [1.29, 1.82) is 0 Å². The maximum Gasteiger partial charge on any atom is 0.311 e. The van der Waals surface area contributed by atoms with E-state index in [1.54, 1.807) is 30.3 Å². The zero-order valence-electron chi connectivity index (χ0n) is 23.9. The molecule has 3 aromatic carbocycles. The highest BCUT2D eigenvalue weighted by molar-refractivity contribution is 6.06. The molecule has 0 aliphatic carbocycles. The lowest BCUT2D eigenvalue weighted by Crippen LogP contribution is -2.07. The number of hydrogen-bond acceptors (Lipinski definition) is 4. The molecule has 0 aliphatic heterocycles. The third kappa shape index (κ3) is 12.8. The van der Waals surface area contributed by atoms with E-state index in [9.17, 15) is 14.0 Å². The van der Waals surface area contributed by atoms with Crippen molar-refractivity contribution in [3.63, 3.8) is 0 Å². The third-order valence-electron chi connectivity index (χ3n) is 6.83. The lowest BCUT2D eigenvalue weighted by molar-refractivity contribution is -0.134. The quantitative estimate of drug-likeness (QED) is 0.0485. The van der Waals surface area contributed by atoms with Crippen LogP contribution in [0.1, 0.15) is 92.1 Å². The number of rotatable bonds is 19. The molecule has 0 spiro atoms. The first-order chi connectivity index (χ1) is 20.0. The minimum absolute atomic E-state index is 0.204. The van der Waals surface area contributed by atoms with Gasteiger partial charge in [0.25, 0.3) is 0 Å². The van der Waals surface area contributed by atoms with E-state index in [-0.39, 0.29) is 17.6 Å². The predicted molar refractivity (Wildman–Crippen MR) is 165 cm³/mol. The monoisotopic (exact) mass is 556 g/mol. The van der Waals surface area contributed by atoms with Gasteiger partial charge in [-0.05, 0) is 78.6 Å². The maximum atomic E-state index is 13.0. The van der Waals surface area contributed by atoms with E-state index in [2.05, 4.69) is 6.58 Å². The molecule has 0 saturated carbocycles. The first-order valence-corrected chi connectivity index (χ1v) is 14.7. The number of ketones is 1. The van der Waals surface area contributed by atoms with E-state index in [1.807, 2.05) is 30.3 Å². The van der Waals surface area contributed by atoms with Crippen molar-refractivity contribution in [1.82, 2.24) is 0 Å². The highest BCUT2D eigenvalue weighted by Crippen LogP contribution is 2.17. The molecule has 0 bridgehead atoms. The van der Waals surface area contributed by atoms with E-state index in [4.69, 9.17) is 9.47 Å². The Labute approximate surface area is 243 Å². The Morgan fingerprint density at radius 2 is 1.20 bits per heavy atom. The van der Waals surface area contributed by atoms with E-state index in [0.29, 0.717) is 17.7 Å². The number of halogens is 1. The zero-order valence-corrected chi connectivity index (χ0v) is 23.9. The Bertz CT molecular complexity index is 1230. The lowest BCUT2D eigenvalue weighted by atomic mass is 10.1. The second-order valence-corrected chi connectivity index (χ2v) is 10.2. The van der Waals surface area contributed by atoms with Crippen LogP contribution in [0.15, 0.2) is 85.5 Å². The Morgan fingerprint density at radius 3 is 1.80 bits per heavy atom. The Hall–Kier alpha value is -3.99. The Kier molecular flexibility index (Phi) is 14.1. The number of benzene rings is 3. The second kappa shape index (κ2) is 18.4. The summed E-state index contributed by atoms with van der Waals surface area (Å²) in [4.78, 5) is 24.3. The predicted octanol–water partition coefficient (Wildman–Crippen LogP) is 9.64. The summed E-state index contributed by atoms with van der Waals surface area (Å²) in [5.74, 6) is 0.605. The van der Waals surface area contributed by atoms with Crippen LogP contribution in [0.2, 0.25) is 0 Å². The highest BCUT2D eigenvalue weighted by Gasteiger charge is 2.06. The van der Waals surface area contributed by atoms with Crippen molar-refractivity contribution < 1.29 is 23.5 Å². The smallest absolute Gasteiger partial charge is 0.311 e. The molecule has 0 saturated heterocycles. The summed E-state index contributed by atoms with van der Waals surface area (Å²) in [5.41, 5.74) is 2.33. The van der Waals surface area contributed by atoms with Crippen molar-refractivity contribution in [2.45, 2.75) is 70.6 Å². The van der Waals surface area contributed by atoms with Crippen molar-refractivity contribution in [2.24, 2.45) is 0 Å². The molecule has 3 aromatic rings. The fourth-order valence-electron chi connectivity index (χ4n) is 4.39. The number of allylic oxidation sites excluding steroid dienone is 1. The van der Waals surface area contributed by atoms with Crippen molar-refractivity contribution in [3.8, 4) is 11.5 Å². The molecule has 216 valence electrons. The average Bonchev–Trinajstić information content (AvgIpc) is 2.99. The molecule has 5 heteroatoms. The van der Waals surface area contributed by atoms with Crippen molar-refractivity contribution >= 4 is 23.9 Å². The molecule has 0 aromatic heterocycles. The fourth-order valence-corrected chi connectivity index (χ4v) is 4.39. The molecule has 0 unspecified atom stereocenters. The molecule has 0 radical (unpaired) electrons. The van der Waals surface area contributed by atoms with Gasteiger partial charge in [-0.1, -0.05) is 94.4 Å². The van der Waals surface area contributed by atoms with Crippen LogP contribution in [-0.4, -0.2) is 18.4 Å². The van der Waals surface area contributed by atoms with Crippen LogP contribution in [0.3, 0.4) is 0 Å². The van der Waals surface area contributed by atoms with Crippen LogP contribution < -0.4 is 9.47 Å². The number of esters is 1. The minimum Gasteiger partial charge on any atom is -0.494 e. The fraction of sp³-hybridized carbons (Fsp3) is 0.333. The summed E-state index contributed by atoms with van der Waals surface area (Å²) in [6, 6.07) is 20.5. The SMILES string of the molecule is C=Cc1ccc(OCCCCCCCCCCCCC(=O)Oc2ccc(C=CC(=O)c3ccc(F)cc3)cc2)cc1. The lowest BCUT2D eigenvalue weighted by Gasteiger charge is -2.07. The van der Waals surface area contributed by atoms with Gasteiger partial charge in [-0.2, -0.15) is 0 Å². The zero-order chi connectivity index (χ0) is 29.1. The molecule has 41 heavy (non-hydrogen) atoms. The third-order valence-corrected chi connectivity index (χ3v) is 6.83. The summed E-state index contributed by atoms with van der Waals surface area (Å²) < 4.78 is 24.2. The van der Waals surface area contributed by atoms with Crippen LogP contribution in [0.25, 0.3) is 12.2 Å². The van der Waals surface area contributed by atoms with Gasteiger partial charge in [0.2, 0.25) is 0 Å². The summed E-state index contributed by atoms with van der Waals surface area (Å²) in [6.45, 7) is 4.53. The van der Waals surface area contributed by atoms with Crippen LogP contribution >= 0.6 is 0 Å². The molecule has 3 rings (SSSR count). The van der Waals surface area contributed by atoms with Gasteiger partial charge in [-0.3, -0.25) is 9.59 Å². The molecular formula is C36H41FO4. The number of carbonyl (C=O) groups is 2. The summed E-state index contributed by atoms with van der Waals surface area (Å²) in [7, 11) is 0. The Morgan fingerprint density at radius 1 is 0.659 bits per heavy atom. The van der Waals surface area contributed by atoms with E-state index in [1.165, 1.54) is 68.9 Å². The van der Waals surface area contributed by atoms with Crippen LogP contribution in [0.4, 0.5) is 4.39 Å². The standard InChI is InChI=1S/C36H41FO4/c1-2-29-14-23-33(24-15-29)40-28-12-10-8-6-4-3-5-7-9-11-13-36(39)41-34-25-16-30(17-26-34)18-27-35(38)31-19-21-32(37)22-20-31/h2,14-27H,1,3-13,28H2. The molecule has 0 N–H and O–H groups in total. The summed E-state index contributed by atoms with van der Waals surface area (Å²) in [5, 5.41) is 0. The number of unbranched alkanes of at least 4 members (excludes halogenated alkanes) is 9. The highest BCUT2D eigenvalue weighted by atomic mass is 19.1. The van der Waals surface area contributed by atoms with Crippen molar-refractivity contribution in [2.75, 3.05) is 6.61 Å². The van der Waals surface area contributed by atoms with Crippen LogP contribution in [0, 0.1) is 5.82 Å². The average molecular weight is 557 g/mol. The van der Waals surface area contributed by atoms with Gasteiger partial charge in [-0.15, -0.1) is 0 Å². The van der Waals surface area contributed by atoms with E-state index >= 15 is 0 Å². The van der Waals surface area contributed by atoms with Crippen LogP contribution in [-0.2, 0) is 4.79 Å². The topological polar surface area (TPSA) is 52.6 Å². The molecule has 0 heterocycles. The van der Waals surface area contributed by atoms with Gasteiger partial charge in [0, 0.05) is 12.0 Å². The molecule has 0 aliphatic rings. The maximum absolute atomic E-state index is 13.0. The number of hydrogen-bond donors (Lipinski definition) is 0. The molecule has 0 amide bonds. The normalized spacial score (nSPS) is 11.0. The first-order valence-electron chi connectivity index (χ1n) is 14.7. The number of carbonyl (C=O) groups excluding carboxylic acids is 2. The minimum atomic E-state index is -0.377. The van der Waals surface area contributed by atoms with Gasteiger partial charge in [0.15, 0.2) is 5.78 Å². The summed E-state index contributed by atoms with van der Waals surface area (Å²) in [6.07, 6.45) is 16.9. The van der Waals surface area contributed by atoms with E-state index < -0.39 is 0 Å². The van der Waals surface area contributed by atoms with Crippen molar-refractivity contribution in [3.05, 3.63) is 108 Å². The molecule has 4 nitrogen and oxygen atoms in total. The summed E-state index contributed by atoms with van der Waals surface area (Å²) >= 11 is 0. The van der Waals surface area contributed by atoms with Crippen LogP contribution in [0.5, 0.6) is 11.5 Å². The van der Waals surface area contributed by atoms with Gasteiger partial charge < -0.3 is 9.47 Å². The van der Waals surface area contributed by atoms with E-state index in [0.717, 1.165) is 49.2 Å².